The molecule has 23 heavy (non-hydrogen) atoms. The van der Waals surface area contributed by atoms with Crippen LogP contribution in [0.3, 0.4) is 0 Å². The molecule has 7 heteroatoms. The number of hydrogen-bond acceptors (Lipinski definition) is 5. The molecular formula is C16H25N3O2S2. The minimum absolute atomic E-state index is 0.0676. The quantitative estimate of drug-likeness (QED) is 0.768. The number of nitrogens with one attached hydrogen (secondary N) is 1. The van der Waals surface area contributed by atoms with Crippen LogP contribution in [0, 0.1) is 12.8 Å². The summed E-state index contributed by atoms with van der Waals surface area (Å²) in [5.41, 5.74) is 6.06. The van der Waals surface area contributed by atoms with Gasteiger partial charge in [0.1, 0.15) is 0 Å². The molecule has 0 saturated heterocycles. The van der Waals surface area contributed by atoms with Crippen LogP contribution in [0.4, 0.5) is 0 Å². The third kappa shape index (κ3) is 5.21. The molecule has 1 aliphatic rings. The summed E-state index contributed by atoms with van der Waals surface area (Å²) in [6.45, 7) is 5.98. The molecule has 0 spiro atoms. The van der Waals surface area contributed by atoms with E-state index >= 15 is 0 Å². The van der Waals surface area contributed by atoms with Gasteiger partial charge in [-0.1, -0.05) is 31.5 Å². The average molecular weight is 356 g/mol. The van der Waals surface area contributed by atoms with Crippen LogP contribution in [0.2, 0.25) is 0 Å². The molecule has 3 atom stereocenters. The molecule has 1 saturated carbocycles. The Morgan fingerprint density at radius 3 is 2.78 bits per heavy atom. The molecule has 3 N–H and O–H groups in total. The summed E-state index contributed by atoms with van der Waals surface area (Å²) in [6.07, 6.45) is 4.93. The predicted molar refractivity (Wildman–Crippen MR) is 94.6 cm³/mol. The first-order valence-corrected chi connectivity index (χ1v) is 9.78. The fraction of sp³-hybridized carbons (Fsp3) is 0.688. The van der Waals surface area contributed by atoms with Crippen molar-refractivity contribution in [2.24, 2.45) is 11.7 Å². The summed E-state index contributed by atoms with van der Waals surface area (Å²) in [4.78, 5) is 28.8. The second-order valence-corrected chi connectivity index (χ2v) is 8.94. The van der Waals surface area contributed by atoms with E-state index in [2.05, 4.69) is 17.2 Å². The number of rotatable bonds is 6. The number of thioether (sulfide) groups is 1. The van der Waals surface area contributed by atoms with Crippen LogP contribution in [0.15, 0.2) is 4.34 Å². The van der Waals surface area contributed by atoms with E-state index in [1.807, 2.05) is 13.8 Å². The number of carbonyl (C=O) groups excluding carboxylic acids is 2. The van der Waals surface area contributed by atoms with E-state index in [0.29, 0.717) is 12.0 Å². The van der Waals surface area contributed by atoms with E-state index in [9.17, 15) is 9.59 Å². The van der Waals surface area contributed by atoms with Gasteiger partial charge in [0.2, 0.25) is 11.8 Å². The van der Waals surface area contributed by atoms with E-state index in [0.717, 1.165) is 21.3 Å². The molecule has 0 radical (unpaired) electrons. The Bertz CT molecular complexity index is 574. The van der Waals surface area contributed by atoms with Gasteiger partial charge in [0.05, 0.1) is 17.4 Å². The van der Waals surface area contributed by atoms with Crippen LogP contribution in [0.25, 0.3) is 0 Å². The summed E-state index contributed by atoms with van der Waals surface area (Å²) in [7, 11) is 0. The molecule has 128 valence electrons. The Kier molecular flexibility index (Phi) is 6.47. The maximum Gasteiger partial charge on any atom is 0.233 e. The van der Waals surface area contributed by atoms with Crippen molar-refractivity contribution in [3.63, 3.8) is 0 Å². The van der Waals surface area contributed by atoms with Crippen molar-refractivity contribution in [1.82, 2.24) is 10.3 Å². The Morgan fingerprint density at radius 1 is 1.43 bits per heavy atom. The van der Waals surface area contributed by atoms with Gasteiger partial charge in [-0.15, -0.1) is 11.3 Å². The topological polar surface area (TPSA) is 85.1 Å². The molecule has 1 aliphatic carbocycles. The minimum atomic E-state index is -0.356. The Hall–Kier alpha value is -1.08. The molecule has 5 nitrogen and oxygen atoms in total. The first-order valence-electron chi connectivity index (χ1n) is 8.08. The van der Waals surface area contributed by atoms with Crippen molar-refractivity contribution >= 4 is 34.9 Å². The van der Waals surface area contributed by atoms with Gasteiger partial charge in [0.15, 0.2) is 4.34 Å². The van der Waals surface area contributed by atoms with Gasteiger partial charge in [0, 0.05) is 10.9 Å². The number of aromatic nitrogens is 1. The van der Waals surface area contributed by atoms with E-state index in [4.69, 9.17) is 5.73 Å². The van der Waals surface area contributed by atoms with Crippen LogP contribution in [-0.4, -0.2) is 28.1 Å². The Morgan fingerprint density at radius 2 is 2.13 bits per heavy atom. The minimum Gasteiger partial charge on any atom is -0.369 e. The first kappa shape index (κ1) is 18.3. The number of primary amides is 1. The van der Waals surface area contributed by atoms with Crippen molar-refractivity contribution in [2.45, 2.75) is 68.5 Å². The summed E-state index contributed by atoms with van der Waals surface area (Å²) in [6, 6.07) is 0.294. The first-order chi connectivity index (χ1) is 10.9. The second kappa shape index (κ2) is 8.15. The van der Waals surface area contributed by atoms with Crippen LogP contribution in [0.1, 0.15) is 50.1 Å². The molecular weight excluding hydrogens is 330 g/mol. The lowest BCUT2D eigenvalue weighted by atomic mass is 9.86. The van der Waals surface area contributed by atoms with Crippen LogP contribution >= 0.6 is 23.1 Å². The highest BCUT2D eigenvalue weighted by atomic mass is 32.2. The fourth-order valence-corrected chi connectivity index (χ4v) is 5.21. The molecule has 0 bridgehead atoms. The van der Waals surface area contributed by atoms with Crippen LogP contribution in [0.5, 0.6) is 0 Å². The molecule has 2 rings (SSSR count). The lowest BCUT2D eigenvalue weighted by molar-refractivity contribution is -0.121. The molecule has 1 heterocycles. The van der Waals surface area contributed by atoms with Crippen LogP contribution < -0.4 is 11.1 Å². The summed E-state index contributed by atoms with van der Waals surface area (Å²) in [5.74, 6) is 0.262. The lowest BCUT2D eigenvalue weighted by Crippen LogP contribution is -2.44. The van der Waals surface area contributed by atoms with E-state index in [-0.39, 0.29) is 23.5 Å². The van der Waals surface area contributed by atoms with E-state index < -0.39 is 0 Å². The predicted octanol–water partition coefficient (Wildman–Crippen LogP) is 2.65. The molecule has 2 amide bonds. The third-order valence-electron chi connectivity index (χ3n) is 4.29. The molecule has 0 aliphatic heterocycles. The molecule has 1 fully saturated rings. The standard InChI is InChI=1S/C16H25N3O2S2/c1-9-6-4-5-7-12(9)19-15(21)11(3)22-16-18-10(2)13(23-16)8-14(17)20/h9,11-12H,4-8H2,1-3H3,(H2,17,20)(H,19,21)/t9-,11-,12+/m1/s1. The van der Waals surface area contributed by atoms with Gasteiger partial charge < -0.3 is 11.1 Å². The van der Waals surface area contributed by atoms with Crippen molar-refractivity contribution in [1.29, 1.82) is 0 Å². The van der Waals surface area contributed by atoms with Gasteiger partial charge in [-0.2, -0.15) is 0 Å². The summed E-state index contributed by atoms with van der Waals surface area (Å²) in [5, 5.41) is 2.99. The number of carbonyl (C=O) groups is 2. The highest BCUT2D eigenvalue weighted by Crippen LogP contribution is 2.31. The Labute approximate surface area is 145 Å². The van der Waals surface area contributed by atoms with Crippen molar-refractivity contribution in [3.8, 4) is 0 Å². The van der Waals surface area contributed by atoms with Gasteiger partial charge in [-0.3, -0.25) is 9.59 Å². The smallest absolute Gasteiger partial charge is 0.233 e. The van der Waals surface area contributed by atoms with Gasteiger partial charge in [0.25, 0.3) is 0 Å². The zero-order chi connectivity index (χ0) is 17.0. The number of nitrogens with two attached hydrogens (primary N) is 1. The van der Waals surface area contributed by atoms with Gasteiger partial charge in [-0.05, 0) is 32.6 Å². The fourth-order valence-electron chi connectivity index (χ4n) is 2.81. The van der Waals surface area contributed by atoms with Crippen LogP contribution in [-0.2, 0) is 16.0 Å². The zero-order valence-corrected chi connectivity index (χ0v) is 15.6. The number of amides is 2. The molecule has 1 aromatic heterocycles. The van der Waals surface area contributed by atoms with Crippen molar-refractivity contribution < 1.29 is 9.59 Å². The number of thiazole rings is 1. The SMILES string of the molecule is Cc1nc(S[C@H](C)C(=O)N[C@H]2CCCC[C@H]2C)sc1CC(N)=O. The summed E-state index contributed by atoms with van der Waals surface area (Å²) < 4.78 is 0.818. The molecule has 0 aromatic carbocycles. The van der Waals surface area contributed by atoms with Gasteiger partial charge >= 0.3 is 0 Å². The normalized spacial score (nSPS) is 22.6. The molecule has 0 unspecified atom stereocenters. The van der Waals surface area contributed by atoms with Crippen molar-refractivity contribution in [3.05, 3.63) is 10.6 Å². The number of hydrogen-bond donors (Lipinski definition) is 2. The highest BCUT2D eigenvalue weighted by Gasteiger charge is 2.25. The number of nitrogens with zero attached hydrogens (tertiary/aromatic N) is 1. The third-order valence-corrected chi connectivity index (χ3v) is 6.65. The lowest BCUT2D eigenvalue weighted by Gasteiger charge is -2.30. The largest absolute Gasteiger partial charge is 0.369 e. The van der Waals surface area contributed by atoms with Gasteiger partial charge in [-0.25, -0.2) is 4.98 Å². The van der Waals surface area contributed by atoms with Crippen molar-refractivity contribution in [2.75, 3.05) is 0 Å². The second-order valence-electron chi connectivity index (χ2n) is 6.27. The Balaban J connectivity index is 1.91. The highest BCUT2D eigenvalue weighted by molar-refractivity contribution is 8.02. The monoisotopic (exact) mass is 355 g/mol. The number of aryl methyl sites for hydroxylation is 1. The summed E-state index contributed by atoms with van der Waals surface area (Å²) >= 11 is 2.90. The maximum atomic E-state index is 12.4. The zero-order valence-electron chi connectivity index (χ0n) is 13.9. The van der Waals surface area contributed by atoms with E-state index in [1.165, 1.54) is 42.4 Å². The molecule has 1 aromatic rings. The average Bonchev–Trinajstić information content (AvgIpc) is 2.80. The maximum absolute atomic E-state index is 12.4. The van der Waals surface area contributed by atoms with E-state index in [1.54, 1.807) is 0 Å².